The van der Waals surface area contributed by atoms with Crippen molar-refractivity contribution >= 4 is 11.8 Å². The number of aryl methyl sites for hydroxylation is 1. The maximum absolute atomic E-state index is 9.31. The van der Waals surface area contributed by atoms with E-state index in [1.54, 1.807) is 6.20 Å². The van der Waals surface area contributed by atoms with Crippen LogP contribution in [0, 0.1) is 6.92 Å². The summed E-state index contributed by atoms with van der Waals surface area (Å²) in [7, 11) is 0. The average Bonchev–Trinajstić information content (AvgIpc) is 2.22. The number of aliphatic hydroxyl groups is 2. The maximum atomic E-state index is 9.31. The molecule has 3 rings (SSSR count). The first-order valence-corrected chi connectivity index (χ1v) is 5.83. The standard InChI is InChI=1S/C11H16N4O2/c1-7-2-12-11(15-5-9(17)6-15)13-10(7)14-3-8(16)4-14/h2,8-9,16-17H,3-6H2,1H3. The second-order valence-electron chi connectivity index (χ2n) is 4.79. The third-order valence-electron chi connectivity index (χ3n) is 3.24. The zero-order chi connectivity index (χ0) is 12.0. The Morgan fingerprint density at radius 3 is 2.29 bits per heavy atom. The molecule has 92 valence electrons. The largest absolute Gasteiger partial charge is 0.389 e. The van der Waals surface area contributed by atoms with Crippen molar-refractivity contribution in [3.05, 3.63) is 11.8 Å². The van der Waals surface area contributed by atoms with E-state index in [0.717, 1.165) is 11.4 Å². The molecule has 2 N–H and O–H groups in total. The molecule has 17 heavy (non-hydrogen) atoms. The molecule has 0 radical (unpaired) electrons. The number of aromatic nitrogens is 2. The molecule has 1 aromatic rings. The minimum absolute atomic E-state index is 0.237. The molecule has 6 nitrogen and oxygen atoms in total. The van der Waals surface area contributed by atoms with Gasteiger partial charge >= 0.3 is 0 Å². The van der Waals surface area contributed by atoms with Gasteiger partial charge in [-0.15, -0.1) is 0 Å². The van der Waals surface area contributed by atoms with Crippen molar-refractivity contribution in [2.24, 2.45) is 0 Å². The number of anilines is 2. The Kier molecular flexibility index (Phi) is 2.41. The first kappa shape index (κ1) is 10.7. The quantitative estimate of drug-likeness (QED) is 0.696. The summed E-state index contributed by atoms with van der Waals surface area (Å²) in [5, 5.41) is 18.6. The number of nitrogens with zero attached hydrogens (tertiary/aromatic N) is 4. The third kappa shape index (κ3) is 1.83. The van der Waals surface area contributed by atoms with Gasteiger partial charge < -0.3 is 20.0 Å². The van der Waals surface area contributed by atoms with Gasteiger partial charge in [-0.25, -0.2) is 4.98 Å². The Morgan fingerprint density at radius 1 is 1.12 bits per heavy atom. The summed E-state index contributed by atoms with van der Waals surface area (Å²) in [4.78, 5) is 12.8. The van der Waals surface area contributed by atoms with Crippen molar-refractivity contribution in [1.29, 1.82) is 0 Å². The van der Waals surface area contributed by atoms with Gasteiger partial charge in [-0.1, -0.05) is 0 Å². The van der Waals surface area contributed by atoms with Crippen LogP contribution in [0.3, 0.4) is 0 Å². The molecule has 0 amide bonds. The van der Waals surface area contributed by atoms with Crippen LogP contribution in [0.4, 0.5) is 11.8 Å². The van der Waals surface area contributed by atoms with Gasteiger partial charge in [0.2, 0.25) is 5.95 Å². The van der Waals surface area contributed by atoms with Crippen LogP contribution in [-0.4, -0.2) is 58.6 Å². The molecule has 0 atom stereocenters. The van der Waals surface area contributed by atoms with Crippen LogP contribution in [0.25, 0.3) is 0 Å². The van der Waals surface area contributed by atoms with Gasteiger partial charge in [0.15, 0.2) is 0 Å². The number of hydrogen-bond donors (Lipinski definition) is 2. The smallest absolute Gasteiger partial charge is 0.227 e. The Morgan fingerprint density at radius 2 is 1.71 bits per heavy atom. The molecule has 6 heteroatoms. The summed E-state index contributed by atoms with van der Waals surface area (Å²) >= 11 is 0. The van der Waals surface area contributed by atoms with Crippen molar-refractivity contribution < 1.29 is 10.2 Å². The minimum atomic E-state index is -0.255. The highest BCUT2D eigenvalue weighted by Gasteiger charge is 2.30. The molecular formula is C11H16N4O2. The Bertz CT molecular complexity index is 427. The molecule has 1 aromatic heterocycles. The summed E-state index contributed by atoms with van der Waals surface area (Å²) in [6, 6.07) is 0. The van der Waals surface area contributed by atoms with Crippen LogP contribution in [0.15, 0.2) is 6.20 Å². The molecule has 0 bridgehead atoms. The van der Waals surface area contributed by atoms with Gasteiger partial charge in [0.25, 0.3) is 0 Å². The van der Waals surface area contributed by atoms with Crippen LogP contribution < -0.4 is 9.80 Å². The van der Waals surface area contributed by atoms with Crippen molar-refractivity contribution in [3.8, 4) is 0 Å². The highest BCUT2D eigenvalue weighted by atomic mass is 16.3. The zero-order valence-electron chi connectivity index (χ0n) is 9.74. The lowest BCUT2D eigenvalue weighted by Crippen LogP contribution is -2.53. The fraction of sp³-hybridized carbons (Fsp3) is 0.636. The predicted octanol–water partition coefficient (Wildman–Crippen LogP) is -0.853. The minimum Gasteiger partial charge on any atom is -0.389 e. The maximum Gasteiger partial charge on any atom is 0.227 e. The molecule has 3 heterocycles. The van der Waals surface area contributed by atoms with E-state index < -0.39 is 0 Å². The van der Waals surface area contributed by atoms with E-state index in [1.807, 2.05) is 16.7 Å². The van der Waals surface area contributed by atoms with Gasteiger partial charge in [-0.05, 0) is 6.92 Å². The fourth-order valence-corrected chi connectivity index (χ4v) is 2.14. The predicted molar refractivity (Wildman–Crippen MR) is 63.2 cm³/mol. The Balaban J connectivity index is 1.80. The van der Waals surface area contributed by atoms with Crippen LogP contribution in [0.2, 0.25) is 0 Å². The molecular weight excluding hydrogens is 220 g/mol. The normalized spacial score (nSPS) is 21.4. The second-order valence-corrected chi connectivity index (χ2v) is 4.79. The van der Waals surface area contributed by atoms with Gasteiger partial charge in [-0.2, -0.15) is 4.98 Å². The highest BCUT2D eigenvalue weighted by molar-refractivity contribution is 5.52. The van der Waals surface area contributed by atoms with Crippen LogP contribution in [-0.2, 0) is 0 Å². The summed E-state index contributed by atoms with van der Waals surface area (Å²) in [6.45, 7) is 4.45. The first-order chi connectivity index (χ1) is 8.13. The van der Waals surface area contributed by atoms with Crippen LogP contribution in [0.1, 0.15) is 5.56 Å². The first-order valence-electron chi connectivity index (χ1n) is 5.83. The lowest BCUT2D eigenvalue weighted by Gasteiger charge is -2.39. The molecule has 0 aliphatic carbocycles. The van der Waals surface area contributed by atoms with E-state index in [9.17, 15) is 10.2 Å². The van der Waals surface area contributed by atoms with E-state index in [1.165, 1.54) is 0 Å². The number of β-amino-alcohol motifs (C(OH)–C–C–N with tert-alkyl or cyclic N) is 2. The lowest BCUT2D eigenvalue weighted by atomic mass is 10.1. The van der Waals surface area contributed by atoms with Gasteiger partial charge in [0.1, 0.15) is 5.82 Å². The fourth-order valence-electron chi connectivity index (χ4n) is 2.14. The monoisotopic (exact) mass is 236 g/mol. The van der Waals surface area contributed by atoms with E-state index in [4.69, 9.17) is 0 Å². The van der Waals surface area contributed by atoms with Gasteiger partial charge in [0.05, 0.1) is 12.2 Å². The highest BCUT2D eigenvalue weighted by Crippen LogP contribution is 2.25. The number of hydrogen-bond acceptors (Lipinski definition) is 6. The van der Waals surface area contributed by atoms with Gasteiger partial charge in [-0.3, -0.25) is 0 Å². The van der Waals surface area contributed by atoms with E-state index in [2.05, 4.69) is 9.97 Å². The third-order valence-corrected chi connectivity index (χ3v) is 3.24. The van der Waals surface area contributed by atoms with Gasteiger partial charge in [0, 0.05) is 37.9 Å². The molecule has 2 saturated heterocycles. The molecule has 0 spiro atoms. The lowest BCUT2D eigenvalue weighted by molar-refractivity contribution is 0.139. The summed E-state index contributed by atoms with van der Waals surface area (Å²) < 4.78 is 0. The van der Waals surface area contributed by atoms with E-state index >= 15 is 0 Å². The van der Waals surface area contributed by atoms with Crippen molar-refractivity contribution in [1.82, 2.24) is 9.97 Å². The summed E-state index contributed by atoms with van der Waals surface area (Å²) in [5.41, 5.74) is 1.02. The molecule has 2 aliphatic heterocycles. The zero-order valence-corrected chi connectivity index (χ0v) is 9.74. The molecule has 0 saturated carbocycles. The summed E-state index contributed by atoms with van der Waals surface area (Å²) in [6.07, 6.45) is 1.31. The van der Waals surface area contributed by atoms with Crippen molar-refractivity contribution in [2.45, 2.75) is 19.1 Å². The van der Waals surface area contributed by atoms with Crippen LogP contribution >= 0.6 is 0 Å². The molecule has 0 aromatic carbocycles. The second kappa shape index (κ2) is 3.82. The van der Waals surface area contributed by atoms with Crippen molar-refractivity contribution in [2.75, 3.05) is 36.0 Å². The van der Waals surface area contributed by atoms with Crippen LogP contribution in [0.5, 0.6) is 0 Å². The summed E-state index contributed by atoms with van der Waals surface area (Å²) in [5.74, 6) is 1.55. The number of rotatable bonds is 2. The topological polar surface area (TPSA) is 72.7 Å². The average molecular weight is 236 g/mol. The Hall–Kier alpha value is -1.40. The van der Waals surface area contributed by atoms with Crippen molar-refractivity contribution in [3.63, 3.8) is 0 Å². The van der Waals surface area contributed by atoms with E-state index in [-0.39, 0.29) is 12.2 Å². The van der Waals surface area contributed by atoms with E-state index in [0.29, 0.717) is 32.1 Å². The number of aliphatic hydroxyl groups excluding tert-OH is 2. The Labute approximate surface area is 99.5 Å². The molecule has 2 fully saturated rings. The SMILES string of the molecule is Cc1cnc(N2CC(O)C2)nc1N1CC(O)C1. The molecule has 0 unspecified atom stereocenters. The molecule has 2 aliphatic rings.